The van der Waals surface area contributed by atoms with E-state index in [0.29, 0.717) is 28.3 Å². The van der Waals surface area contributed by atoms with E-state index in [1.807, 2.05) is 37.4 Å². The zero-order chi connectivity index (χ0) is 19.1. The fraction of sp³-hybridized carbons (Fsp3) is 0.222. The van der Waals surface area contributed by atoms with E-state index in [2.05, 4.69) is 20.5 Å². The maximum Gasteiger partial charge on any atom is 0.230 e. The Morgan fingerprint density at radius 3 is 2.81 bits per heavy atom. The molecule has 0 atom stereocenters. The molecule has 0 radical (unpaired) electrons. The third kappa shape index (κ3) is 5.45. The fourth-order valence-electron chi connectivity index (χ4n) is 2.17. The highest BCUT2D eigenvalue weighted by atomic mass is 35.5. The van der Waals surface area contributed by atoms with Gasteiger partial charge in [-0.05, 0) is 24.3 Å². The summed E-state index contributed by atoms with van der Waals surface area (Å²) >= 11 is 7.38. The van der Waals surface area contributed by atoms with Gasteiger partial charge < -0.3 is 14.6 Å². The summed E-state index contributed by atoms with van der Waals surface area (Å²) in [6.07, 6.45) is 1.70. The number of amides is 1. The minimum atomic E-state index is -0.0949. The van der Waals surface area contributed by atoms with Crippen LogP contribution < -0.4 is 10.1 Å². The van der Waals surface area contributed by atoms with Crippen molar-refractivity contribution in [2.24, 2.45) is 7.05 Å². The molecule has 0 aliphatic carbocycles. The summed E-state index contributed by atoms with van der Waals surface area (Å²) in [5.41, 5.74) is 0.813. The number of thioether (sulfide) groups is 1. The number of aromatic nitrogens is 4. The molecule has 0 unspecified atom stereocenters. The molecule has 2 heterocycles. The number of para-hydroxylation sites is 1. The quantitative estimate of drug-likeness (QED) is 0.582. The highest BCUT2D eigenvalue weighted by Crippen LogP contribution is 2.24. The van der Waals surface area contributed by atoms with Gasteiger partial charge in [-0.3, -0.25) is 9.78 Å². The van der Waals surface area contributed by atoms with Crippen LogP contribution in [-0.2, 0) is 25.0 Å². The summed E-state index contributed by atoms with van der Waals surface area (Å²) in [5, 5.41) is 12.2. The number of hydrogen-bond acceptors (Lipinski definition) is 6. The topological polar surface area (TPSA) is 81.9 Å². The minimum absolute atomic E-state index is 0.0949. The van der Waals surface area contributed by atoms with Gasteiger partial charge in [0.15, 0.2) is 11.0 Å². The van der Waals surface area contributed by atoms with Gasteiger partial charge in [-0.25, -0.2) is 0 Å². The van der Waals surface area contributed by atoms with Gasteiger partial charge in [0.05, 0.1) is 23.0 Å². The van der Waals surface area contributed by atoms with Crippen LogP contribution in [0.2, 0.25) is 5.02 Å². The van der Waals surface area contributed by atoms with Crippen molar-refractivity contribution >= 4 is 29.3 Å². The van der Waals surface area contributed by atoms with Crippen LogP contribution in [0.1, 0.15) is 11.5 Å². The molecular weight excluding hydrogens is 386 g/mol. The number of benzene rings is 1. The lowest BCUT2D eigenvalue weighted by Gasteiger charge is -2.08. The molecule has 1 aromatic carbocycles. The monoisotopic (exact) mass is 403 g/mol. The Morgan fingerprint density at radius 2 is 2.04 bits per heavy atom. The largest absolute Gasteiger partial charge is 0.484 e. The summed E-state index contributed by atoms with van der Waals surface area (Å²) < 4.78 is 7.48. The maximum absolute atomic E-state index is 12.0. The van der Waals surface area contributed by atoms with E-state index in [1.54, 1.807) is 22.9 Å². The van der Waals surface area contributed by atoms with Crippen LogP contribution in [0.5, 0.6) is 5.75 Å². The molecule has 1 amide bonds. The molecule has 0 saturated heterocycles. The van der Waals surface area contributed by atoms with Gasteiger partial charge in [-0.2, -0.15) is 0 Å². The van der Waals surface area contributed by atoms with Gasteiger partial charge in [-0.1, -0.05) is 41.6 Å². The van der Waals surface area contributed by atoms with Crippen LogP contribution in [0, 0.1) is 0 Å². The first-order valence-corrected chi connectivity index (χ1v) is 9.55. The second-order valence-electron chi connectivity index (χ2n) is 5.56. The first-order chi connectivity index (χ1) is 13.1. The summed E-state index contributed by atoms with van der Waals surface area (Å²) in [4.78, 5) is 16.2. The van der Waals surface area contributed by atoms with Gasteiger partial charge in [0.1, 0.15) is 12.4 Å². The number of hydrogen-bond donors (Lipinski definition) is 1. The average molecular weight is 404 g/mol. The lowest BCUT2D eigenvalue weighted by Crippen LogP contribution is -2.25. The molecular formula is C18H18ClN5O2S. The predicted octanol–water partition coefficient (Wildman–Crippen LogP) is 2.85. The number of halogens is 1. The molecule has 0 bridgehead atoms. The SMILES string of the molecule is Cn1c(COc2ccccc2Cl)nnc1SCC(=O)NCc1ccccn1. The third-order valence-corrected chi connectivity index (χ3v) is 4.98. The van der Waals surface area contributed by atoms with Gasteiger partial charge in [-0.15, -0.1) is 10.2 Å². The minimum Gasteiger partial charge on any atom is -0.484 e. The lowest BCUT2D eigenvalue weighted by molar-refractivity contribution is -0.118. The van der Waals surface area contributed by atoms with Crippen molar-refractivity contribution in [2.75, 3.05) is 5.75 Å². The van der Waals surface area contributed by atoms with Crippen LogP contribution in [0.3, 0.4) is 0 Å². The summed E-state index contributed by atoms with van der Waals surface area (Å²) in [5.74, 6) is 1.38. The number of pyridine rings is 1. The number of ether oxygens (including phenoxy) is 1. The van der Waals surface area contributed by atoms with E-state index in [9.17, 15) is 4.79 Å². The highest BCUT2D eigenvalue weighted by Gasteiger charge is 2.12. The number of rotatable bonds is 8. The van der Waals surface area contributed by atoms with Crippen molar-refractivity contribution < 1.29 is 9.53 Å². The van der Waals surface area contributed by atoms with Gasteiger partial charge in [0, 0.05) is 13.2 Å². The van der Waals surface area contributed by atoms with E-state index in [-0.39, 0.29) is 18.3 Å². The first-order valence-electron chi connectivity index (χ1n) is 8.18. The zero-order valence-corrected chi connectivity index (χ0v) is 16.2. The molecule has 7 nitrogen and oxygen atoms in total. The third-order valence-electron chi connectivity index (χ3n) is 3.64. The Hall–Kier alpha value is -2.58. The zero-order valence-electron chi connectivity index (χ0n) is 14.6. The van der Waals surface area contributed by atoms with E-state index < -0.39 is 0 Å². The lowest BCUT2D eigenvalue weighted by atomic mass is 10.3. The van der Waals surface area contributed by atoms with Crippen LogP contribution >= 0.6 is 23.4 Å². The molecule has 0 aliphatic rings. The average Bonchev–Trinajstić information content (AvgIpc) is 3.04. The van der Waals surface area contributed by atoms with Crippen molar-refractivity contribution in [2.45, 2.75) is 18.3 Å². The van der Waals surface area contributed by atoms with Crippen molar-refractivity contribution in [3.8, 4) is 5.75 Å². The van der Waals surface area contributed by atoms with Crippen LogP contribution in [-0.4, -0.2) is 31.4 Å². The molecule has 0 saturated carbocycles. The molecule has 2 aromatic heterocycles. The number of carbonyl (C=O) groups excluding carboxylic acids is 1. The van der Waals surface area contributed by atoms with Crippen molar-refractivity contribution in [3.05, 3.63) is 65.2 Å². The predicted molar refractivity (Wildman–Crippen MR) is 104 cm³/mol. The maximum atomic E-state index is 12.0. The molecule has 140 valence electrons. The molecule has 0 aliphatic heterocycles. The second kappa shape index (κ2) is 9.38. The van der Waals surface area contributed by atoms with Crippen molar-refractivity contribution in [1.82, 2.24) is 25.1 Å². The van der Waals surface area contributed by atoms with Crippen molar-refractivity contribution in [1.29, 1.82) is 0 Å². The van der Waals surface area contributed by atoms with E-state index >= 15 is 0 Å². The van der Waals surface area contributed by atoms with E-state index in [0.717, 1.165) is 5.69 Å². The Balaban J connectivity index is 1.48. The van der Waals surface area contributed by atoms with Crippen LogP contribution in [0.25, 0.3) is 0 Å². The Morgan fingerprint density at radius 1 is 1.22 bits per heavy atom. The van der Waals surface area contributed by atoms with Gasteiger partial charge in [0.25, 0.3) is 0 Å². The Bertz CT molecular complexity index is 904. The van der Waals surface area contributed by atoms with Crippen LogP contribution in [0.15, 0.2) is 53.8 Å². The number of nitrogens with one attached hydrogen (secondary N) is 1. The highest BCUT2D eigenvalue weighted by molar-refractivity contribution is 7.99. The molecule has 1 N–H and O–H groups in total. The van der Waals surface area contributed by atoms with Crippen molar-refractivity contribution in [3.63, 3.8) is 0 Å². The smallest absolute Gasteiger partial charge is 0.230 e. The first kappa shape index (κ1) is 19.2. The summed E-state index contributed by atoms with van der Waals surface area (Å²) in [6, 6.07) is 12.8. The van der Waals surface area contributed by atoms with Gasteiger partial charge >= 0.3 is 0 Å². The molecule has 0 fully saturated rings. The van der Waals surface area contributed by atoms with Gasteiger partial charge in [0.2, 0.25) is 5.91 Å². The Kier molecular flexibility index (Phi) is 6.67. The molecule has 3 rings (SSSR count). The second-order valence-corrected chi connectivity index (χ2v) is 6.91. The standard InChI is InChI=1S/C18H18ClN5O2S/c1-24-16(11-26-15-8-3-2-7-14(15)19)22-23-18(24)27-12-17(25)21-10-13-6-4-5-9-20-13/h2-9H,10-12H2,1H3,(H,21,25). The normalized spacial score (nSPS) is 10.6. The van der Waals surface area contributed by atoms with E-state index in [1.165, 1.54) is 11.8 Å². The summed E-state index contributed by atoms with van der Waals surface area (Å²) in [6.45, 7) is 0.635. The molecule has 3 aromatic rings. The Labute approximate surface area is 166 Å². The summed E-state index contributed by atoms with van der Waals surface area (Å²) in [7, 11) is 1.83. The van der Waals surface area contributed by atoms with Crippen LogP contribution in [0.4, 0.5) is 0 Å². The molecule has 9 heteroatoms. The fourth-order valence-corrected chi connectivity index (χ4v) is 3.12. The number of carbonyl (C=O) groups is 1. The number of nitrogens with zero attached hydrogens (tertiary/aromatic N) is 4. The molecule has 27 heavy (non-hydrogen) atoms. The van der Waals surface area contributed by atoms with E-state index in [4.69, 9.17) is 16.3 Å². The molecule has 0 spiro atoms.